The number of hydrogen-bond acceptors (Lipinski definition) is 7. The number of imide groups is 1. The first-order valence-corrected chi connectivity index (χ1v) is 10.7. The van der Waals surface area contributed by atoms with Gasteiger partial charge >= 0.3 is 0 Å². The van der Waals surface area contributed by atoms with Gasteiger partial charge in [0, 0.05) is 23.8 Å². The number of nitro groups is 1. The van der Waals surface area contributed by atoms with Gasteiger partial charge in [-0.3, -0.25) is 29.4 Å². The molecule has 9 nitrogen and oxygen atoms in total. The van der Waals surface area contributed by atoms with Crippen molar-refractivity contribution < 1.29 is 23.7 Å². The molecule has 1 aliphatic heterocycles. The van der Waals surface area contributed by atoms with Crippen LogP contribution in [0.4, 0.5) is 16.2 Å². The van der Waals surface area contributed by atoms with Crippen molar-refractivity contribution in [1.29, 1.82) is 0 Å². The van der Waals surface area contributed by atoms with Gasteiger partial charge in [0.2, 0.25) is 5.91 Å². The summed E-state index contributed by atoms with van der Waals surface area (Å²) in [7, 11) is 0. The normalized spacial score (nSPS) is 14.7. The van der Waals surface area contributed by atoms with E-state index in [4.69, 9.17) is 16.0 Å². The van der Waals surface area contributed by atoms with E-state index >= 15 is 0 Å². The third kappa shape index (κ3) is 4.97. The van der Waals surface area contributed by atoms with E-state index in [1.165, 1.54) is 24.3 Å². The van der Waals surface area contributed by atoms with Crippen LogP contribution in [-0.2, 0) is 9.59 Å². The molecule has 166 valence electrons. The average Bonchev–Trinajstić information content (AvgIpc) is 3.36. The van der Waals surface area contributed by atoms with Gasteiger partial charge < -0.3 is 9.73 Å². The lowest BCUT2D eigenvalue weighted by molar-refractivity contribution is -0.384. The Balaban J connectivity index is 1.47. The Morgan fingerprint density at radius 2 is 1.94 bits per heavy atom. The number of amides is 3. The second kappa shape index (κ2) is 9.31. The Morgan fingerprint density at radius 3 is 2.70 bits per heavy atom. The molecule has 1 aromatic heterocycles. The molecule has 0 bridgehead atoms. The number of nitrogens with one attached hydrogen (secondary N) is 1. The number of anilines is 1. The van der Waals surface area contributed by atoms with E-state index in [0.29, 0.717) is 33.8 Å². The summed E-state index contributed by atoms with van der Waals surface area (Å²) in [5.41, 5.74) is 0.783. The number of nitrogens with zero attached hydrogens (tertiary/aromatic N) is 2. The van der Waals surface area contributed by atoms with Crippen molar-refractivity contribution in [2.75, 3.05) is 11.9 Å². The Morgan fingerprint density at radius 1 is 1.15 bits per heavy atom. The molecule has 0 aliphatic carbocycles. The minimum absolute atomic E-state index is 0.0818. The summed E-state index contributed by atoms with van der Waals surface area (Å²) < 4.78 is 5.67. The van der Waals surface area contributed by atoms with E-state index in [-0.39, 0.29) is 16.4 Å². The first kappa shape index (κ1) is 22.3. The first-order valence-electron chi connectivity index (χ1n) is 9.46. The van der Waals surface area contributed by atoms with Gasteiger partial charge in [0.25, 0.3) is 16.8 Å². The van der Waals surface area contributed by atoms with Crippen molar-refractivity contribution in [3.05, 3.63) is 86.5 Å². The van der Waals surface area contributed by atoms with Gasteiger partial charge in [-0.25, -0.2) is 0 Å². The van der Waals surface area contributed by atoms with Crippen LogP contribution in [0.2, 0.25) is 5.02 Å². The number of non-ortho nitro benzene ring substituents is 1. The second-order valence-electron chi connectivity index (χ2n) is 6.81. The zero-order chi connectivity index (χ0) is 23.5. The van der Waals surface area contributed by atoms with Crippen LogP contribution < -0.4 is 5.32 Å². The third-order valence-corrected chi connectivity index (χ3v) is 5.80. The number of benzene rings is 2. The van der Waals surface area contributed by atoms with E-state index in [2.05, 4.69) is 5.32 Å². The van der Waals surface area contributed by atoms with E-state index in [0.717, 1.165) is 4.90 Å². The first-order chi connectivity index (χ1) is 15.8. The Hall–Kier alpha value is -3.89. The fourth-order valence-electron chi connectivity index (χ4n) is 3.02. The van der Waals surface area contributed by atoms with Gasteiger partial charge in [-0.1, -0.05) is 35.9 Å². The van der Waals surface area contributed by atoms with Crippen LogP contribution in [-0.4, -0.2) is 33.4 Å². The molecule has 3 amide bonds. The molecule has 0 radical (unpaired) electrons. The largest absolute Gasteiger partial charge is 0.457 e. The number of hydrogen-bond donors (Lipinski definition) is 1. The monoisotopic (exact) mass is 483 g/mol. The SMILES string of the molecule is O=C(CN1C(=O)S/C(=C/c2ccc(-c3cccc([N+](=O)[O-])c3)o2)C1=O)Nc1ccccc1Cl. The number of para-hydroxylation sites is 1. The smallest absolute Gasteiger partial charge is 0.294 e. The number of furan rings is 1. The molecular weight excluding hydrogens is 470 g/mol. The molecule has 1 aliphatic rings. The fourth-order valence-corrected chi connectivity index (χ4v) is 4.02. The molecule has 1 saturated heterocycles. The summed E-state index contributed by atoms with van der Waals surface area (Å²) in [6, 6.07) is 15.7. The maximum absolute atomic E-state index is 12.7. The second-order valence-corrected chi connectivity index (χ2v) is 8.21. The van der Waals surface area contributed by atoms with Crippen LogP contribution in [0, 0.1) is 10.1 Å². The number of rotatable bonds is 6. The van der Waals surface area contributed by atoms with Crippen LogP contribution in [0.5, 0.6) is 0 Å². The van der Waals surface area contributed by atoms with Crippen LogP contribution in [0.15, 0.2) is 70.0 Å². The van der Waals surface area contributed by atoms with Crippen LogP contribution in [0.3, 0.4) is 0 Å². The molecule has 1 N–H and O–H groups in total. The van der Waals surface area contributed by atoms with Gasteiger partial charge in [-0.05, 0) is 36.0 Å². The predicted molar refractivity (Wildman–Crippen MR) is 124 cm³/mol. The van der Waals surface area contributed by atoms with E-state index in [1.807, 2.05) is 0 Å². The molecule has 0 unspecified atom stereocenters. The number of halogens is 1. The molecule has 4 rings (SSSR count). The van der Waals surface area contributed by atoms with Gasteiger partial charge in [0.1, 0.15) is 18.1 Å². The van der Waals surface area contributed by atoms with Gasteiger partial charge in [-0.2, -0.15) is 0 Å². The lowest BCUT2D eigenvalue weighted by Crippen LogP contribution is -2.36. The summed E-state index contributed by atoms with van der Waals surface area (Å²) in [6.45, 7) is -0.468. The van der Waals surface area contributed by atoms with Crippen LogP contribution >= 0.6 is 23.4 Å². The molecule has 2 heterocycles. The minimum atomic E-state index is -0.632. The Labute approximate surface area is 196 Å². The van der Waals surface area contributed by atoms with E-state index in [9.17, 15) is 24.5 Å². The van der Waals surface area contributed by atoms with Gasteiger partial charge in [0.05, 0.1) is 20.5 Å². The summed E-state index contributed by atoms with van der Waals surface area (Å²) in [5.74, 6) is -0.559. The standard InChI is InChI=1S/C22H14ClN3O6S/c23-16-6-1-2-7-17(16)24-20(27)12-25-21(28)19(33-22(25)29)11-15-8-9-18(32-15)13-4-3-5-14(10-13)26(30)31/h1-11H,12H2,(H,24,27)/b19-11+. The highest BCUT2D eigenvalue weighted by Crippen LogP contribution is 2.34. The van der Waals surface area contributed by atoms with E-state index in [1.54, 1.807) is 42.5 Å². The van der Waals surface area contributed by atoms with Crippen molar-refractivity contribution in [3.63, 3.8) is 0 Å². The maximum Gasteiger partial charge on any atom is 0.294 e. The lowest BCUT2D eigenvalue weighted by Gasteiger charge is -2.13. The van der Waals surface area contributed by atoms with Crippen LogP contribution in [0.1, 0.15) is 5.76 Å². The molecule has 0 atom stereocenters. The van der Waals surface area contributed by atoms with E-state index < -0.39 is 28.5 Å². The molecular formula is C22H14ClN3O6S. The maximum atomic E-state index is 12.7. The fraction of sp³-hybridized carbons (Fsp3) is 0.0455. The molecule has 0 saturated carbocycles. The Kier molecular flexibility index (Phi) is 6.29. The molecule has 0 spiro atoms. The molecule has 3 aromatic rings. The number of carbonyl (C=O) groups excluding carboxylic acids is 3. The quantitative estimate of drug-likeness (QED) is 0.291. The van der Waals surface area contributed by atoms with Crippen LogP contribution in [0.25, 0.3) is 17.4 Å². The predicted octanol–water partition coefficient (Wildman–Crippen LogP) is 5.18. The topological polar surface area (TPSA) is 123 Å². The van der Waals surface area contributed by atoms with Crippen molar-refractivity contribution in [3.8, 4) is 11.3 Å². The average molecular weight is 484 g/mol. The summed E-state index contributed by atoms with van der Waals surface area (Å²) in [5, 5.41) is 13.3. The highest BCUT2D eigenvalue weighted by Gasteiger charge is 2.36. The zero-order valence-electron chi connectivity index (χ0n) is 16.7. The van der Waals surface area contributed by atoms with Crippen molar-refractivity contribution in [2.45, 2.75) is 0 Å². The number of nitro benzene ring substituents is 1. The van der Waals surface area contributed by atoms with Crippen molar-refractivity contribution >= 4 is 57.9 Å². The minimum Gasteiger partial charge on any atom is -0.457 e. The molecule has 33 heavy (non-hydrogen) atoms. The summed E-state index contributed by atoms with van der Waals surface area (Å²) in [4.78, 5) is 48.6. The highest BCUT2D eigenvalue weighted by atomic mass is 35.5. The zero-order valence-corrected chi connectivity index (χ0v) is 18.3. The highest BCUT2D eigenvalue weighted by molar-refractivity contribution is 8.18. The molecule has 1 fully saturated rings. The van der Waals surface area contributed by atoms with Gasteiger partial charge in [-0.15, -0.1) is 0 Å². The van der Waals surface area contributed by atoms with Gasteiger partial charge in [0.15, 0.2) is 0 Å². The lowest BCUT2D eigenvalue weighted by atomic mass is 10.1. The Bertz CT molecular complexity index is 1320. The number of thioether (sulfide) groups is 1. The number of carbonyl (C=O) groups is 3. The summed E-state index contributed by atoms with van der Waals surface area (Å²) in [6.07, 6.45) is 1.39. The molecule has 11 heteroatoms. The van der Waals surface area contributed by atoms with Crippen molar-refractivity contribution in [1.82, 2.24) is 4.90 Å². The third-order valence-electron chi connectivity index (χ3n) is 4.56. The molecule has 2 aromatic carbocycles. The van der Waals surface area contributed by atoms with Crippen molar-refractivity contribution in [2.24, 2.45) is 0 Å². The summed E-state index contributed by atoms with van der Waals surface area (Å²) >= 11 is 6.69.